The first-order chi connectivity index (χ1) is 11.1. The minimum Gasteiger partial charge on any atom is -0.451 e. The molecule has 1 heterocycles. The van der Waals surface area contributed by atoms with E-state index >= 15 is 0 Å². The van der Waals surface area contributed by atoms with E-state index in [1.54, 1.807) is 37.4 Å². The molecule has 0 atom stereocenters. The summed E-state index contributed by atoms with van der Waals surface area (Å²) in [6, 6.07) is 17.9. The number of hydrogen-bond acceptors (Lipinski definition) is 3. The van der Waals surface area contributed by atoms with E-state index in [0.717, 1.165) is 5.69 Å². The maximum absolute atomic E-state index is 12.5. The number of nitrogens with two attached hydrogens (primary N) is 1. The van der Waals surface area contributed by atoms with Crippen LogP contribution in [0.2, 0.25) is 5.02 Å². The van der Waals surface area contributed by atoms with Gasteiger partial charge in [-0.05, 0) is 42.5 Å². The number of anilines is 2. The van der Waals surface area contributed by atoms with Gasteiger partial charge in [0.25, 0.3) is 5.91 Å². The highest BCUT2D eigenvalue weighted by Gasteiger charge is 2.18. The molecular formula is C18H15ClN2O2. The Morgan fingerprint density at radius 2 is 1.83 bits per heavy atom. The second kappa shape index (κ2) is 6.18. The zero-order chi connectivity index (χ0) is 16.4. The molecule has 0 aliphatic rings. The highest BCUT2D eigenvalue weighted by atomic mass is 35.5. The molecule has 5 heteroatoms. The summed E-state index contributed by atoms with van der Waals surface area (Å²) < 4.78 is 5.68. The predicted molar refractivity (Wildman–Crippen MR) is 92.7 cm³/mol. The van der Waals surface area contributed by atoms with E-state index in [1.807, 2.05) is 30.3 Å². The van der Waals surface area contributed by atoms with Crippen LogP contribution in [0.3, 0.4) is 0 Å². The fourth-order valence-corrected chi connectivity index (χ4v) is 2.55. The molecule has 0 saturated heterocycles. The maximum atomic E-state index is 12.5. The van der Waals surface area contributed by atoms with Gasteiger partial charge in [0.05, 0.1) is 5.02 Å². The van der Waals surface area contributed by atoms with Crippen LogP contribution in [0.1, 0.15) is 10.6 Å². The highest BCUT2D eigenvalue weighted by Crippen LogP contribution is 2.31. The predicted octanol–water partition coefficient (Wildman–Crippen LogP) is 4.46. The average molecular weight is 327 g/mol. The fraction of sp³-hybridized carbons (Fsp3) is 0.0556. The summed E-state index contributed by atoms with van der Waals surface area (Å²) >= 11 is 6.18. The first kappa shape index (κ1) is 15.2. The Morgan fingerprint density at radius 3 is 2.52 bits per heavy atom. The van der Waals surface area contributed by atoms with E-state index in [4.69, 9.17) is 21.8 Å². The lowest BCUT2D eigenvalue weighted by Crippen LogP contribution is -2.25. The van der Waals surface area contributed by atoms with Gasteiger partial charge in [-0.25, -0.2) is 0 Å². The van der Waals surface area contributed by atoms with Gasteiger partial charge in [0.1, 0.15) is 5.76 Å². The van der Waals surface area contributed by atoms with Crippen LogP contribution in [0, 0.1) is 0 Å². The van der Waals surface area contributed by atoms with E-state index < -0.39 is 0 Å². The van der Waals surface area contributed by atoms with Crippen LogP contribution in [0.5, 0.6) is 0 Å². The van der Waals surface area contributed by atoms with Crippen LogP contribution in [0.15, 0.2) is 65.1 Å². The van der Waals surface area contributed by atoms with Crippen LogP contribution in [0.4, 0.5) is 11.4 Å². The quantitative estimate of drug-likeness (QED) is 0.723. The van der Waals surface area contributed by atoms with Gasteiger partial charge in [-0.3, -0.25) is 4.79 Å². The third-order valence-electron chi connectivity index (χ3n) is 3.52. The van der Waals surface area contributed by atoms with Crippen molar-refractivity contribution in [3.63, 3.8) is 0 Å². The van der Waals surface area contributed by atoms with Gasteiger partial charge in [-0.15, -0.1) is 0 Å². The molecule has 2 N–H and O–H groups in total. The third-order valence-corrected chi connectivity index (χ3v) is 3.84. The lowest BCUT2D eigenvalue weighted by molar-refractivity contribution is 0.0967. The smallest absolute Gasteiger partial charge is 0.293 e. The molecule has 0 aliphatic heterocycles. The molecule has 3 rings (SSSR count). The largest absolute Gasteiger partial charge is 0.451 e. The molecular weight excluding hydrogens is 312 g/mol. The number of nitrogen functional groups attached to an aromatic ring is 1. The van der Waals surface area contributed by atoms with E-state index in [2.05, 4.69) is 0 Å². The van der Waals surface area contributed by atoms with Gasteiger partial charge < -0.3 is 15.1 Å². The molecule has 0 fully saturated rings. The number of furan rings is 1. The Morgan fingerprint density at radius 1 is 1.09 bits per heavy atom. The minimum atomic E-state index is -0.228. The molecule has 116 valence electrons. The first-order valence-electron chi connectivity index (χ1n) is 7.04. The highest BCUT2D eigenvalue weighted by molar-refractivity contribution is 6.33. The van der Waals surface area contributed by atoms with E-state index in [0.29, 0.717) is 22.0 Å². The van der Waals surface area contributed by atoms with Crippen LogP contribution < -0.4 is 10.6 Å². The SMILES string of the molecule is CN(C(=O)c1ccc(-c2ccc(N)cc2Cl)o1)c1ccccc1. The number of halogens is 1. The molecule has 23 heavy (non-hydrogen) atoms. The second-order valence-corrected chi connectivity index (χ2v) is 5.51. The zero-order valence-electron chi connectivity index (χ0n) is 12.5. The van der Waals surface area contributed by atoms with Gasteiger partial charge in [0, 0.05) is 24.0 Å². The fourth-order valence-electron chi connectivity index (χ4n) is 2.26. The van der Waals surface area contributed by atoms with Crippen molar-refractivity contribution in [3.8, 4) is 11.3 Å². The number of rotatable bonds is 3. The summed E-state index contributed by atoms with van der Waals surface area (Å²) in [4.78, 5) is 14.0. The Kier molecular flexibility index (Phi) is 4.08. The van der Waals surface area contributed by atoms with E-state index in [1.165, 1.54) is 4.90 Å². The number of benzene rings is 2. The molecule has 2 aromatic carbocycles. The number of amides is 1. The van der Waals surface area contributed by atoms with Crippen LogP contribution in [0.25, 0.3) is 11.3 Å². The number of nitrogens with zero attached hydrogens (tertiary/aromatic N) is 1. The third kappa shape index (κ3) is 3.07. The Bertz CT molecular complexity index is 843. The Labute approximate surface area is 139 Å². The summed E-state index contributed by atoms with van der Waals surface area (Å²) in [6.45, 7) is 0. The molecule has 0 aliphatic carbocycles. The number of carbonyl (C=O) groups excluding carboxylic acids is 1. The summed E-state index contributed by atoms with van der Waals surface area (Å²) in [6.07, 6.45) is 0. The Hall–Kier alpha value is -2.72. The monoisotopic (exact) mass is 326 g/mol. The maximum Gasteiger partial charge on any atom is 0.293 e. The molecule has 1 amide bonds. The van der Waals surface area contributed by atoms with Gasteiger partial charge >= 0.3 is 0 Å². The average Bonchev–Trinajstić information content (AvgIpc) is 3.04. The molecule has 3 aromatic rings. The summed E-state index contributed by atoms with van der Waals surface area (Å²) in [7, 11) is 1.70. The Balaban J connectivity index is 1.88. The van der Waals surface area contributed by atoms with Crippen LogP contribution >= 0.6 is 11.6 Å². The molecule has 1 aromatic heterocycles. The lowest BCUT2D eigenvalue weighted by atomic mass is 10.1. The summed E-state index contributed by atoms with van der Waals surface area (Å²) in [5.74, 6) is 0.549. The van der Waals surface area contributed by atoms with E-state index in [-0.39, 0.29) is 11.7 Å². The van der Waals surface area contributed by atoms with Gasteiger partial charge in [0.2, 0.25) is 0 Å². The molecule has 0 spiro atoms. The van der Waals surface area contributed by atoms with Gasteiger partial charge in [-0.2, -0.15) is 0 Å². The van der Waals surface area contributed by atoms with Crippen molar-refractivity contribution in [1.82, 2.24) is 0 Å². The van der Waals surface area contributed by atoms with Crippen LogP contribution in [-0.4, -0.2) is 13.0 Å². The van der Waals surface area contributed by atoms with Crippen LogP contribution in [-0.2, 0) is 0 Å². The number of para-hydroxylation sites is 1. The van der Waals surface area contributed by atoms with Crippen molar-refractivity contribution in [2.24, 2.45) is 0 Å². The molecule has 0 saturated carbocycles. The summed E-state index contributed by atoms with van der Waals surface area (Å²) in [5, 5.41) is 0.481. The number of hydrogen-bond donors (Lipinski definition) is 1. The van der Waals surface area contributed by atoms with Crippen molar-refractivity contribution in [2.45, 2.75) is 0 Å². The van der Waals surface area contributed by atoms with Gasteiger partial charge in [0.15, 0.2) is 5.76 Å². The minimum absolute atomic E-state index is 0.228. The van der Waals surface area contributed by atoms with Crippen molar-refractivity contribution < 1.29 is 9.21 Å². The standard InChI is InChI=1S/C18H15ClN2O2/c1-21(13-5-3-2-4-6-13)18(22)17-10-9-16(23-17)14-8-7-12(20)11-15(14)19/h2-11H,20H2,1H3. The number of carbonyl (C=O) groups is 1. The lowest BCUT2D eigenvalue weighted by Gasteiger charge is -2.15. The molecule has 0 radical (unpaired) electrons. The first-order valence-corrected chi connectivity index (χ1v) is 7.42. The molecule has 0 unspecified atom stereocenters. The van der Waals surface area contributed by atoms with Crippen molar-refractivity contribution in [3.05, 3.63) is 71.4 Å². The second-order valence-electron chi connectivity index (χ2n) is 5.10. The zero-order valence-corrected chi connectivity index (χ0v) is 13.2. The molecule has 4 nitrogen and oxygen atoms in total. The van der Waals surface area contributed by atoms with Crippen molar-refractivity contribution in [1.29, 1.82) is 0 Å². The van der Waals surface area contributed by atoms with Crippen molar-refractivity contribution >= 4 is 28.9 Å². The molecule has 0 bridgehead atoms. The van der Waals surface area contributed by atoms with Gasteiger partial charge in [-0.1, -0.05) is 29.8 Å². The summed E-state index contributed by atoms with van der Waals surface area (Å²) in [5.41, 5.74) is 7.75. The van der Waals surface area contributed by atoms with E-state index in [9.17, 15) is 4.79 Å². The van der Waals surface area contributed by atoms with Crippen molar-refractivity contribution in [2.75, 3.05) is 17.7 Å². The topological polar surface area (TPSA) is 59.5 Å². The normalized spacial score (nSPS) is 10.5.